The number of imidazole rings is 1. The smallest absolute Gasteiger partial charge is 0.340 e. The Morgan fingerprint density at radius 2 is 2.20 bits per heavy atom. The summed E-state index contributed by atoms with van der Waals surface area (Å²) in [6.45, 7) is 3.85. The molecule has 0 radical (unpaired) electrons. The molecular weight excluding hydrogens is 261 g/mol. The minimum absolute atomic E-state index is 0.0582. The summed E-state index contributed by atoms with van der Waals surface area (Å²) in [6, 6.07) is 2.52. The van der Waals surface area contributed by atoms with Gasteiger partial charge >= 0.3 is 5.97 Å². The van der Waals surface area contributed by atoms with Crippen LogP contribution in [-0.2, 0) is 11.2 Å². The third-order valence-electron chi connectivity index (χ3n) is 2.91. The van der Waals surface area contributed by atoms with E-state index in [0.29, 0.717) is 12.2 Å². The van der Waals surface area contributed by atoms with Crippen molar-refractivity contribution < 1.29 is 13.9 Å². The molecule has 2 aromatic rings. The lowest BCUT2D eigenvalue weighted by Crippen LogP contribution is -2.11. The monoisotopic (exact) mass is 277 g/mol. The number of hydrogen-bond donors (Lipinski definition) is 1. The first-order chi connectivity index (χ1) is 9.58. The summed E-state index contributed by atoms with van der Waals surface area (Å²) in [5.41, 5.74) is 6.12. The highest BCUT2D eigenvalue weighted by molar-refractivity contribution is 5.95. The zero-order chi connectivity index (χ0) is 14.7. The molecular formula is C14H16FN3O2. The molecule has 0 amide bonds. The maximum atomic E-state index is 14.1. The number of esters is 1. The molecule has 0 spiro atoms. The quantitative estimate of drug-likeness (QED) is 0.688. The van der Waals surface area contributed by atoms with Gasteiger partial charge in [-0.25, -0.2) is 14.2 Å². The average molecular weight is 277 g/mol. The maximum Gasteiger partial charge on any atom is 0.340 e. The molecule has 1 heterocycles. The second-order valence-corrected chi connectivity index (χ2v) is 4.18. The molecule has 0 aliphatic rings. The SMILES string of the molecule is CCOC(=O)c1cc(-n2ccnc2CC)c(F)cc1N. The van der Waals surface area contributed by atoms with Crippen molar-refractivity contribution >= 4 is 11.7 Å². The van der Waals surface area contributed by atoms with Crippen LogP contribution in [0.2, 0.25) is 0 Å². The van der Waals surface area contributed by atoms with Gasteiger partial charge in [0.1, 0.15) is 11.6 Å². The number of benzene rings is 1. The van der Waals surface area contributed by atoms with Gasteiger partial charge in [-0.1, -0.05) is 6.92 Å². The molecule has 106 valence electrons. The molecule has 5 nitrogen and oxygen atoms in total. The summed E-state index contributed by atoms with van der Waals surface area (Å²) in [7, 11) is 0. The van der Waals surface area contributed by atoms with Gasteiger partial charge in [0.15, 0.2) is 0 Å². The number of carbonyl (C=O) groups is 1. The highest BCUT2D eigenvalue weighted by atomic mass is 19.1. The standard InChI is InChI=1S/C14H16FN3O2/c1-3-13-17-5-6-18(13)12-7-9(14(19)20-4-2)11(16)8-10(12)15/h5-8H,3-4,16H2,1-2H3. The summed E-state index contributed by atoms with van der Waals surface area (Å²) in [6.07, 6.45) is 3.87. The topological polar surface area (TPSA) is 70.1 Å². The number of aryl methyl sites for hydroxylation is 1. The van der Waals surface area contributed by atoms with E-state index in [1.54, 1.807) is 23.9 Å². The van der Waals surface area contributed by atoms with E-state index in [1.165, 1.54) is 6.07 Å². The van der Waals surface area contributed by atoms with Crippen molar-refractivity contribution in [2.45, 2.75) is 20.3 Å². The highest BCUT2D eigenvalue weighted by Crippen LogP contribution is 2.23. The predicted molar refractivity (Wildman–Crippen MR) is 73.3 cm³/mol. The van der Waals surface area contributed by atoms with Gasteiger partial charge in [-0.2, -0.15) is 0 Å². The van der Waals surface area contributed by atoms with Crippen molar-refractivity contribution in [2.75, 3.05) is 12.3 Å². The Kier molecular flexibility index (Phi) is 4.02. The first kappa shape index (κ1) is 14.0. The second-order valence-electron chi connectivity index (χ2n) is 4.18. The maximum absolute atomic E-state index is 14.1. The Hall–Kier alpha value is -2.37. The lowest BCUT2D eigenvalue weighted by atomic mass is 10.1. The van der Waals surface area contributed by atoms with E-state index >= 15 is 0 Å². The molecule has 0 fully saturated rings. The van der Waals surface area contributed by atoms with Gasteiger partial charge in [-0.3, -0.25) is 0 Å². The molecule has 1 aromatic carbocycles. The minimum atomic E-state index is -0.565. The lowest BCUT2D eigenvalue weighted by Gasteiger charge is -2.12. The van der Waals surface area contributed by atoms with Gasteiger partial charge in [-0.05, 0) is 19.1 Å². The number of halogens is 1. The first-order valence-electron chi connectivity index (χ1n) is 6.37. The number of aromatic nitrogens is 2. The molecule has 6 heteroatoms. The normalized spacial score (nSPS) is 10.6. The number of nitrogen functional groups attached to an aromatic ring is 1. The van der Waals surface area contributed by atoms with Crippen molar-refractivity contribution in [3.05, 3.63) is 41.7 Å². The van der Waals surface area contributed by atoms with E-state index in [2.05, 4.69) is 4.98 Å². The number of carbonyl (C=O) groups excluding carboxylic acids is 1. The highest BCUT2D eigenvalue weighted by Gasteiger charge is 2.17. The minimum Gasteiger partial charge on any atom is -0.462 e. The van der Waals surface area contributed by atoms with Crippen LogP contribution < -0.4 is 5.73 Å². The van der Waals surface area contributed by atoms with Crippen LogP contribution in [-0.4, -0.2) is 22.1 Å². The van der Waals surface area contributed by atoms with Gasteiger partial charge in [0, 0.05) is 24.5 Å². The van der Waals surface area contributed by atoms with Crippen LogP contribution in [0.15, 0.2) is 24.5 Å². The van der Waals surface area contributed by atoms with Crippen molar-refractivity contribution in [1.29, 1.82) is 0 Å². The lowest BCUT2D eigenvalue weighted by molar-refractivity contribution is 0.0527. The molecule has 0 bridgehead atoms. The summed E-state index contributed by atoms with van der Waals surface area (Å²) >= 11 is 0. The third-order valence-corrected chi connectivity index (χ3v) is 2.91. The van der Waals surface area contributed by atoms with E-state index in [1.807, 2.05) is 6.92 Å². The Labute approximate surface area is 116 Å². The fourth-order valence-electron chi connectivity index (χ4n) is 1.96. The number of nitrogens with zero attached hydrogens (tertiary/aromatic N) is 2. The van der Waals surface area contributed by atoms with Crippen LogP contribution in [0.3, 0.4) is 0 Å². The summed E-state index contributed by atoms with van der Waals surface area (Å²) in [5, 5.41) is 0. The first-order valence-corrected chi connectivity index (χ1v) is 6.37. The van der Waals surface area contributed by atoms with Crippen molar-refractivity contribution in [3.63, 3.8) is 0 Å². The molecule has 2 N–H and O–H groups in total. The molecule has 0 aliphatic heterocycles. The van der Waals surface area contributed by atoms with Crippen LogP contribution >= 0.6 is 0 Å². The molecule has 0 saturated heterocycles. The van der Waals surface area contributed by atoms with E-state index in [9.17, 15) is 9.18 Å². The Morgan fingerprint density at radius 3 is 2.85 bits per heavy atom. The third kappa shape index (κ3) is 2.49. The largest absolute Gasteiger partial charge is 0.462 e. The molecule has 0 atom stereocenters. The van der Waals surface area contributed by atoms with E-state index < -0.39 is 11.8 Å². The Bertz CT molecular complexity index is 637. The number of nitrogens with two attached hydrogens (primary N) is 1. The van der Waals surface area contributed by atoms with Crippen LogP contribution in [0.5, 0.6) is 0 Å². The van der Waals surface area contributed by atoms with E-state index in [-0.39, 0.29) is 23.5 Å². The predicted octanol–water partition coefficient (Wildman–Crippen LogP) is 2.33. The molecule has 0 aliphatic carbocycles. The summed E-state index contributed by atoms with van der Waals surface area (Å²) in [5.74, 6) is -0.379. The van der Waals surface area contributed by atoms with Crippen LogP contribution in [0.1, 0.15) is 30.0 Å². The molecule has 0 saturated carbocycles. The fourth-order valence-corrected chi connectivity index (χ4v) is 1.96. The van der Waals surface area contributed by atoms with Crippen molar-refractivity contribution in [2.24, 2.45) is 0 Å². The fraction of sp³-hybridized carbons (Fsp3) is 0.286. The molecule has 1 aromatic heterocycles. The van der Waals surface area contributed by atoms with Crippen LogP contribution in [0.4, 0.5) is 10.1 Å². The zero-order valence-corrected chi connectivity index (χ0v) is 11.4. The number of hydrogen-bond acceptors (Lipinski definition) is 4. The molecule has 2 rings (SSSR count). The molecule has 0 unspecified atom stereocenters. The van der Waals surface area contributed by atoms with Gasteiger partial charge < -0.3 is 15.0 Å². The van der Waals surface area contributed by atoms with Crippen molar-refractivity contribution in [3.8, 4) is 5.69 Å². The second kappa shape index (κ2) is 5.73. The summed E-state index contributed by atoms with van der Waals surface area (Å²) < 4.78 is 20.6. The number of anilines is 1. The zero-order valence-electron chi connectivity index (χ0n) is 11.4. The number of rotatable bonds is 4. The Balaban J connectivity index is 2.54. The van der Waals surface area contributed by atoms with Gasteiger partial charge in [-0.15, -0.1) is 0 Å². The number of ether oxygens (including phenoxy) is 1. The Morgan fingerprint density at radius 1 is 1.45 bits per heavy atom. The van der Waals surface area contributed by atoms with E-state index in [4.69, 9.17) is 10.5 Å². The van der Waals surface area contributed by atoms with E-state index in [0.717, 1.165) is 6.07 Å². The van der Waals surface area contributed by atoms with Crippen LogP contribution in [0.25, 0.3) is 5.69 Å². The molecule has 20 heavy (non-hydrogen) atoms. The van der Waals surface area contributed by atoms with Crippen molar-refractivity contribution in [1.82, 2.24) is 9.55 Å². The van der Waals surface area contributed by atoms with Gasteiger partial charge in [0.05, 0.1) is 17.9 Å². The summed E-state index contributed by atoms with van der Waals surface area (Å²) in [4.78, 5) is 15.9. The van der Waals surface area contributed by atoms with Gasteiger partial charge in [0.25, 0.3) is 0 Å². The van der Waals surface area contributed by atoms with Gasteiger partial charge in [0.2, 0.25) is 0 Å². The average Bonchev–Trinajstić information content (AvgIpc) is 2.87. The van der Waals surface area contributed by atoms with Crippen LogP contribution in [0, 0.1) is 5.82 Å².